The first-order valence-electron chi connectivity index (χ1n) is 6.54. The van der Waals surface area contributed by atoms with Crippen LogP contribution >= 0.6 is 11.3 Å². The lowest BCUT2D eigenvalue weighted by molar-refractivity contribution is -0.385. The second kappa shape index (κ2) is 6.05. The maximum absolute atomic E-state index is 11.0. The lowest BCUT2D eigenvalue weighted by Crippen LogP contribution is -2.15. The summed E-state index contributed by atoms with van der Waals surface area (Å²) in [6, 6.07) is 9.56. The Morgan fingerprint density at radius 2 is 2.05 bits per heavy atom. The minimum absolute atomic E-state index is 0.156. The normalized spacial score (nSPS) is 12.4. The number of thiophene rings is 1. The summed E-state index contributed by atoms with van der Waals surface area (Å²) >= 11 is 1.70. The number of benzene rings is 1. The van der Waals surface area contributed by atoms with E-state index in [0.717, 1.165) is 5.69 Å². The Morgan fingerprint density at radius 3 is 2.60 bits per heavy atom. The fourth-order valence-electron chi connectivity index (χ4n) is 2.11. The molecule has 106 valence electrons. The third-order valence-electron chi connectivity index (χ3n) is 3.24. The zero-order valence-electron chi connectivity index (χ0n) is 11.8. The number of hydrogen-bond acceptors (Lipinski definition) is 4. The molecule has 0 radical (unpaired) electrons. The van der Waals surface area contributed by atoms with Crippen molar-refractivity contribution in [1.29, 1.82) is 0 Å². The molecule has 4 nitrogen and oxygen atoms in total. The van der Waals surface area contributed by atoms with E-state index in [1.807, 2.05) is 17.5 Å². The first-order valence-corrected chi connectivity index (χ1v) is 7.42. The van der Waals surface area contributed by atoms with Crippen molar-refractivity contribution in [2.45, 2.75) is 26.8 Å². The van der Waals surface area contributed by atoms with E-state index in [1.165, 1.54) is 4.88 Å². The molecule has 1 N–H and O–H groups in total. The molecule has 0 aliphatic carbocycles. The number of rotatable bonds is 5. The van der Waals surface area contributed by atoms with Gasteiger partial charge < -0.3 is 5.32 Å². The van der Waals surface area contributed by atoms with Crippen molar-refractivity contribution < 1.29 is 4.92 Å². The van der Waals surface area contributed by atoms with Crippen LogP contribution in [-0.2, 0) is 0 Å². The van der Waals surface area contributed by atoms with Gasteiger partial charge in [0.1, 0.15) is 0 Å². The highest BCUT2D eigenvalue weighted by Crippen LogP contribution is 2.31. The highest BCUT2D eigenvalue weighted by molar-refractivity contribution is 7.10. The minimum atomic E-state index is -0.337. The van der Waals surface area contributed by atoms with Crippen LogP contribution in [0.1, 0.15) is 30.3 Å². The van der Waals surface area contributed by atoms with Gasteiger partial charge in [-0.3, -0.25) is 10.1 Å². The molecule has 0 aliphatic heterocycles. The standard InChI is InChI=1S/C15H18N2O2S/c1-10(2)15(14-5-4-8-20-14)16-12-7-6-11(3)13(9-12)17(18)19/h4-10,15-16H,1-3H3. The van der Waals surface area contributed by atoms with Crippen molar-refractivity contribution in [3.63, 3.8) is 0 Å². The Balaban J connectivity index is 2.28. The molecule has 0 saturated carbocycles. The minimum Gasteiger partial charge on any atom is -0.377 e. The fourth-order valence-corrected chi connectivity index (χ4v) is 3.06. The van der Waals surface area contributed by atoms with Crippen molar-refractivity contribution in [2.24, 2.45) is 5.92 Å². The zero-order chi connectivity index (χ0) is 14.7. The van der Waals surface area contributed by atoms with Gasteiger partial charge >= 0.3 is 0 Å². The Kier molecular flexibility index (Phi) is 4.39. The lowest BCUT2D eigenvalue weighted by Gasteiger charge is -2.22. The first kappa shape index (κ1) is 14.5. The first-order chi connectivity index (χ1) is 9.49. The van der Waals surface area contributed by atoms with Crippen molar-refractivity contribution in [1.82, 2.24) is 0 Å². The molecule has 0 bridgehead atoms. The van der Waals surface area contributed by atoms with Gasteiger partial charge in [-0.05, 0) is 30.4 Å². The maximum Gasteiger partial charge on any atom is 0.274 e. The molecule has 2 aromatic rings. The number of aryl methyl sites for hydroxylation is 1. The van der Waals surface area contributed by atoms with E-state index in [0.29, 0.717) is 11.5 Å². The molecule has 0 saturated heterocycles. The van der Waals surface area contributed by atoms with Gasteiger partial charge in [0.05, 0.1) is 11.0 Å². The second-order valence-electron chi connectivity index (χ2n) is 5.14. The molecular formula is C15H18N2O2S. The van der Waals surface area contributed by atoms with Gasteiger partial charge in [-0.1, -0.05) is 26.0 Å². The van der Waals surface area contributed by atoms with Gasteiger partial charge in [-0.2, -0.15) is 0 Å². The highest BCUT2D eigenvalue weighted by atomic mass is 32.1. The van der Waals surface area contributed by atoms with Gasteiger partial charge in [-0.25, -0.2) is 0 Å². The van der Waals surface area contributed by atoms with E-state index in [4.69, 9.17) is 0 Å². The molecule has 5 heteroatoms. The molecule has 1 aromatic carbocycles. The Hall–Kier alpha value is -1.88. The molecule has 0 aliphatic rings. The number of nitrogens with one attached hydrogen (secondary N) is 1. The van der Waals surface area contributed by atoms with E-state index in [-0.39, 0.29) is 16.7 Å². The molecule has 1 aromatic heterocycles. The van der Waals surface area contributed by atoms with Crippen LogP contribution in [-0.4, -0.2) is 4.92 Å². The summed E-state index contributed by atoms with van der Waals surface area (Å²) < 4.78 is 0. The third kappa shape index (κ3) is 3.17. The van der Waals surface area contributed by atoms with E-state index < -0.39 is 0 Å². The van der Waals surface area contributed by atoms with Crippen molar-refractivity contribution in [3.05, 3.63) is 56.3 Å². The smallest absolute Gasteiger partial charge is 0.274 e. The molecule has 0 amide bonds. The highest BCUT2D eigenvalue weighted by Gasteiger charge is 2.18. The summed E-state index contributed by atoms with van der Waals surface area (Å²) in [4.78, 5) is 11.9. The van der Waals surface area contributed by atoms with Crippen LogP contribution in [0.2, 0.25) is 0 Å². The number of nitrogens with zero attached hydrogens (tertiary/aromatic N) is 1. The van der Waals surface area contributed by atoms with Crippen molar-refractivity contribution >= 4 is 22.7 Å². The number of anilines is 1. The number of nitro groups is 1. The Bertz CT molecular complexity index is 594. The summed E-state index contributed by atoms with van der Waals surface area (Å²) in [6.45, 7) is 6.03. The summed E-state index contributed by atoms with van der Waals surface area (Å²) in [5.41, 5.74) is 1.62. The SMILES string of the molecule is Cc1ccc(NC(c2cccs2)C(C)C)cc1[N+](=O)[O-]. The quantitative estimate of drug-likeness (QED) is 0.637. The summed E-state index contributed by atoms with van der Waals surface area (Å²) in [5.74, 6) is 0.397. The average Bonchev–Trinajstić information content (AvgIpc) is 2.90. The predicted molar refractivity (Wildman–Crippen MR) is 83.4 cm³/mol. The molecule has 1 unspecified atom stereocenters. The maximum atomic E-state index is 11.0. The molecule has 1 atom stereocenters. The molecule has 1 heterocycles. The van der Waals surface area contributed by atoms with E-state index in [9.17, 15) is 10.1 Å². The largest absolute Gasteiger partial charge is 0.377 e. The van der Waals surface area contributed by atoms with Gasteiger partial charge in [-0.15, -0.1) is 11.3 Å². The molecular weight excluding hydrogens is 272 g/mol. The predicted octanol–water partition coefficient (Wildman–Crippen LogP) is 4.77. The summed E-state index contributed by atoms with van der Waals surface area (Å²) in [5, 5.41) is 16.5. The molecule has 0 spiro atoms. The topological polar surface area (TPSA) is 55.2 Å². The molecule has 2 rings (SSSR count). The Labute approximate surface area is 122 Å². The van der Waals surface area contributed by atoms with Crippen LogP contribution in [0.15, 0.2) is 35.7 Å². The average molecular weight is 290 g/mol. The molecule has 0 fully saturated rings. The van der Waals surface area contributed by atoms with E-state index in [1.54, 1.807) is 30.4 Å². The van der Waals surface area contributed by atoms with Gasteiger partial charge in [0.15, 0.2) is 0 Å². The molecule has 20 heavy (non-hydrogen) atoms. The monoisotopic (exact) mass is 290 g/mol. The zero-order valence-corrected chi connectivity index (χ0v) is 12.6. The van der Waals surface area contributed by atoms with Gasteiger partial charge in [0.2, 0.25) is 0 Å². The van der Waals surface area contributed by atoms with Crippen LogP contribution in [0.25, 0.3) is 0 Å². The van der Waals surface area contributed by atoms with Crippen LogP contribution in [0, 0.1) is 23.0 Å². The summed E-state index contributed by atoms with van der Waals surface area (Å²) in [7, 11) is 0. The van der Waals surface area contributed by atoms with Crippen LogP contribution < -0.4 is 5.32 Å². The van der Waals surface area contributed by atoms with E-state index in [2.05, 4.69) is 25.2 Å². The second-order valence-corrected chi connectivity index (χ2v) is 6.12. The fraction of sp³-hybridized carbons (Fsp3) is 0.333. The van der Waals surface area contributed by atoms with Crippen LogP contribution in [0.3, 0.4) is 0 Å². The van der Waals surface area contributed by atoms with Gasteiger partial charge in [0, 0.05) is 22.2 Å². The number of hydrogen-bond donors (Lipinski definition) is 1. The number of nitro benzene ring substituents is 1. The summed E-state index contributed by atoms with van der Waals surface area (Å²) in [6.07, 6.45) is 0. The third-order valence-corrected chi connectivity index (χ3v) is 4.20. The van der Waals surface area contributed by atoms with Crippen LogP contribution in [0.5, 0.6) is 0 Å². The van der Waals surface area contributed by atoms with Crippen molar-refractivity contribution in [2.75, 3.05) is 5.32 Å². The van der Waals surface area contributed by atoms with Gasteiger partial charge in [0.25, 0.3) is 5.69 Å². The van der Waals surface area contributed by atoms with Crippen LogP contribution in [0.4, 0.5) is 11.4 Å². The Morgan fingerprint density at radius 1 is 1.30 bits per heavy atom. The van der Waals surface area contributed by atoms with E-state index >= 15 is 0 Å². The van der Waals surface area contributed by atoms with Crippen molar-refractivity contribution in [3.8, 4) is 0 Å². The lowest BCUT2D eigenvalue weighted by atomic mass is 10.0.